The summed E-state index contributed by atoms with van der Waals surface area (Å²) in [6.45, 7) is 3.86. The van der Waals surface area contributed by atoms with Crippen molar-refractivity contribution in [1.29, 1.82) is 0 Å². The highest BCUT2D eigenvalue weighted by atomic mass is 16.6. The SMILES string of the molecule is CCCCCCCCOc1ccccc1NC(=O)OC1CCCCC1CN(C)C. The lowest BCUT2D eigenvalue weighted by molar-refractivity contribution is 0.0357. The second kappa shape index (κ2) is 13.5. The smallest absolute Gasteiger partial charge is 0.412 e. The Bertz CT molecular complexity index is 591. The Morgan fingerprint density at radius 1 is 1.07 bits per heavy atom. The van der Waals surface area contributed by atoms with Crippen LogP contribution in [0.3, 0.4) is 0 Å². The van der Waals surface area contributed by atoms with Gasteiger partial charge in [-0.2, -0.15) is 0 Å². The number of benzene rings is 1. The van der Waals surface area contributed by atoms with E-state index in [4.69, 9.17) is 9.47 Å². The fourth-order valence-corrected chi connectivity index (χ4v) is 4.04. The summed E-state index contributed by atoms with van der Waals surface area (Å²) in [6.07, 6.45) is 11.4. The maximum Gasteiger partial charge on any atom is 0.412 e. The molecule has 0 bridgehead atoms. The number of hydrogen-bond donors (Lipinski definition) is 1. The molecule has 5 heteroatoms. The molecule has 1 aromatic rings. The third-order valence-corrected chi connectivity index (χ3v) is 5.58. The predicted octanol–water partition coefficient (Wildman–Crippen LogP) is 6.09. The molecule has 1 aliphatic rings. The second-order valence-corrected chi connectivity index (χ2v) is 8.49. The molecule has 1 N–H and O–H groups in total. The molecule has 0 saturated heterocycles. The number of unbranched alkanes of at least 4 members (excludes halogenated alkanes) is 5. The van der Waals surface area contributed by atoms with Gasteiger partial charge in [0, 0.05) is 12.5 Å². The first-order valence-corrected chi connectivity index (χ1v) is 11.4. The van der Waals surface area contributed by atoms with Crippen molar-refractivity contribution in [3.63, 3.8) is 0 Å². The topological polar surface area (TPSA) is 50.8 Å². The summed E-state index contributed by atoms with van der Waals surface area (Å²) >= 11 is 0. The molecule has 0 aromatic heterocycles. The van der Waals surface area contributed by atoms with E-state index in [1.165, 1.54) is 38.5 Å². The molecule has 1 saturated carbocycles. The summed E-state index contributed by atoms with van der Waals surface area (Å²) in [7, 11) is 4.15. The van der Waals surface area contributed by atoms with Crippen LogP contribution in [0.2, 0.25) is 0 Å². The maximum absolute atomic E-state index is 12.5. The van der Waals surface area contributed by atoms with Gasteiger partial charge in [-0.3, -0.25) is 5.32 Å². The molecular weight excluding hydrogens is 364 g/mol. The number of amides is 1. The summed E-state index contributed by atoms with van der Waals surface area (Å²) < 4.78 is 11.7. The zero-order valence-electron chi connectivity index (χ0n) is 18.6. The minimum Gasteiger partial charge on any atom is -0.491 e. The van der Waals surface area contributed by atoms with Crippen LogP contribution in [0.15, 0.2) is 24.3 Å². The van der Waals surface area contributed by atoms with E-state index in [1.54, 1.807) is 0 Å². The third kappa shape index (κ3) is 9.07. The fraction of sp³-hybridized carbons (Fsp3) is 0.708. The molecule has 2 rings (SSSR count). The molecule has 1 fully saturated rings. The molecule has 2 atom stereocenters. The Balaban J connectivity index is 1.80. The standard InChI is InChI=1S/C24H40N2O3/c1-4-5-6-7-8-13-18-28-23-17-12-10-15-21(23)25-24(27)29-22-16-11-9-14-20(22)19-26(2)3/h10,12,15,17,20,22H,4-9,11,13-14,16,18-19H2,1-3H3,(H,25,27). The molecule has 5 nitrogen and oxygen atoms in total. The van der Waals surface area contributed by atoms with E-state index in [1.807, 2.05) is 24.3 Å². The number of nitrogens with zero attached hydrogens (tertiary/aromatic N) is 1. The number of nitrogens with one attached hydrogen (secondary N) is 1. The summed E-state index contributed by atoms with van der Waals surface area (Å²) in [5.41, 5.74) is 0.684. The van der Waals surface area contributed by atoms with Gasteiger partial charge in [-0.05, 0) is 51.9 Å². The highest BCUT2D eigenvalue weighted by Gasteiger charge is 2.29. The summed E-state index contributed by atoms with van der Waals surface area (Å²) in [6, 6.07) is 7.61. The highest BCUT2D eigenvalue weighted by Crippen LogP contribution is 2.29. The van der Waals surface area contributed by atoms with E-state index >= 15 is 0 Å². The molecule has 29 heavy (non-hydrogen) atoms. The molecule has 2 unspecified atom stereocenters. The van der Waals surface area contributed by atoms with Crippen LogP contribution in [0.1, 0.15) is 71.1 Å². The largest absolute Gasteiger partial charge is 0.491 e. The van der Waals surface area contributed by atoms with Crippen molar-refractivity contribution in [3.05, 3.63) is 24.3 Å². The van der Waals surface area contributed by atoms with Crippen molar-refractivity contribution < 1.29 is 14.3 Å². The van der Waals surface area contributed by atoms with Gasteiger partial charge in [-0.1, -0.05) is 57.6 Å². The first kappa shape index (κ1) is 23.5. The van der Waals surface area contributed by atoms with Crippen LogP contribution in [0.5, 0.6) is 5.75 Å². The number of ether oxygens (including phenoxy) is 2. The molecule has 1 aliphatic carbocycles. The maximum atomic E-state index is 12.5. The van der Waals surface area contributed by atoms with Gasteiger partial charge in [0.05, 0.1) is 12.3 Å². The number of hydrogen-bond acceptors (Lipinski definition) is 4. The minimum absolute atomic E-state index is 0.0117. The predicted molar refractivity (Wildman–Crippen MR) is 120 cm³/mol. The first-order chi connectivity index (χ1) is 14.1. The number of carbonyl (C=O) groups excluding carboxylic acids is 1. The normalized spacial score (nSPS) is 19.2. The molecule has 0 heterocycles. The van der Waals surface area contributed by atoms with Gasteiger partial charge in [0.1, 0.15) is 11.9 Å². The van der Waals surface area contributed by atoms with Gasteiger partial charge < -0.3 is 14.4 Å². The number of rotatable bonds is 12. The lowest BCUT2D eigenvalue weighted by atomic mass is 9.86. The summed E-state index contributed by atoms with van der Waals surface area (Å²) in [5, 5.41) is 2.90. The van der Waals surface area contributed by atoms with Crippen molar-refractivity contribution in [1.82, 2.24) is 4.90 Å². The van der Waals surface area contributed by atoms with Crippen molar-refractivity contribution in [2.75, 3.05) is 32.6 Å². The van der Waals surface area contributed by atoms with Crippen LogP contribution in [0.25, 0.3) is 0 Å². The molecular formula is C24H40N2O3. The second-order valence-electron chi connectivity index (χ2n) is 8.49. The van der Waals surface area contributed by atoms with E-state index in [2.05, 4.69) is 31.2 Å². The number of carbonyl (C=O) groups is 1. The quantitative estimate of drug-likeness (QED) is 0.428. The lowest BCUT2D eigenvalue weighted by Gasteiger charge is -2.32. The van der Waals surface area contributed by atoms with Gasteiger partial charge in [0.15, 0.2) is 0 Å². The van der Waals surface area contributed by atoms with E-state index < -0.39 is 0 Å². The zero-order valence-corrected chi connectivity index (χ0v) is 18.6. The minimum atomic E-state index is -0.378. The Labute approximate surface area is 177 Å². The van der Waals surface area contributed by atoms with E-state index in [-0.39, 0.29) is 12.2 Å². The van der Waals surface area contributed by atoms with Crippen LogP contribution >= 0.6 is 0 Å². The monoisotopic (exact) mass is 404 g/mol. The molecule has 0 radical (unpaired) electrons. The molecule has 1 aromatic carbocycles. The van der Waals surface area contributed by atoms with Crippen LogP contribution in [-0.4, -0.2) is 44.3 Å². The van der Waals surface area contributed by atoms with Crippen molar-refractivity contribution >= 4 is 11.8 Å². The Morgan fingerprint density at radius 3 is 2.59 bits per heavy atom. The average Bonchev–Trinajstić information content (AvgIpc) is 2.69. The molecule has 1 amide bonds. The molecule has 0 aliphatic heterocycles. The van der Waals surface area contributed by atoms with E-state index in [9.17, 15) is 4.79 Å². The van der Waals surface area contributed by atoms with Gasteiger partial charge in [0.25, 0.3) is 0 Å². The average molecular weight is 405 g/mol. The molecule has 164 valence electrons. The number of para-hydroxylation sites is 2. The van der Waals surface area contributed by atoms with Gasteiger partial charge in [0.2, 0.25) is 0 Å². The fourth-order valence-electron chi connectivity index (χ4n) is 4.04. The van der Waals surface area contributed by atoms with E-state index in [0.717, 1.165) is 32.2 Å². The summed E-state index contributed by atoms with van der Waals surface area (Å²) in [5.74, 6) is 1.12. The highest BCUT2D eigenvalue weighted by molar-refractivity contribution is 5.86. The van der Waals surface area contributed by atoms with Crippen LogP contribution in [0, 0.1) is 5.92 Å². The Morgan fingerprint density at radius 2 is 1.79 bits per heavy atom. The van der Waals surface area contributed by atoms with Crippen LogP contribution < -0.4 is 10.1 Å². The van der Waals surface area contributed by atoms with Crippen LogP contribution in [0.4, 0.5) is 10.5 Å². The summed E-state index contributed by atoms with van der Waals surface area (Å²) in [4.78, 5) is 14.7. The zero-order chi connectivity index (χ0) is 20.9. The van der Waals surface area contributed by atoms with Gasteiger partial charge >= 0.3 is 6.09 Å². The first-order valence-electron chi connectivity index (χ1n) is 11.4. The lowest BCUT2D eigenvalue weighted by Crippen LogP contribution is -2.37. The third-order valence-electron chi connectivity index (χ3n) is 5.58. The van der Waals surface area contributed by atoms with E-state index in [0.29, 0.717) is 24.0 Å². The van der Waals surface area contributed by atoms with Crippen molar-refractivity contribution in [3.8, 4) is 5.75 Å². The Hall–Kier alpha value is -1.75. The Kier molecular flexibility index (Phi) is 10.9. The van der Waals surface area contributed by atoms with Gasteiger partial charge in [-0.25, -0.2) is 4.79 Å². The van der Waals surface area contributed by atoms with Crippen LogP contribution in [-0.2, 0) is 4.74 Å². The molecule has 0 spiro atoms. The van der Waals surface area contributed by atoms with Crippen molar-refractivity contribution in [2.24, 2.45) is 5.92 Å². The van der Waals surface area contributed by atoms with Gasteiger partial charge in [-0.15, -0.1) is 0 Å². The number of anilines is 1. The van der Waals surface area contributed by atoms with Crippen molar-refractivity contribution in [2.45, 2.75) is 77.2 Å².